The molecule has 0 aliphatic heterocycles. The van der Waals surface area contributed by atoms with Crippen molar-refractivity contribution in [1.29, 1.82) is 0 Å². The molecule has 0 atom stereocenters. The van der Waals surface area contributed by atoms with Crippen LogP contribution >= 0.6 is 15.9 Å². The number of anilines is 1. The van der Waals surface area contributed by atoms with E-state index in [1.165, 1.54) is 0 Å². The molecule has 0 unspecified atom stereocenters. The number of imide groups is 1. The van der Waals surface area contributed by atoms with Gasteiger partial charge < -0.3 is 5.32 Å². The minimum absolute atomic E-state index is 0.475. The van der Waals surface area contributed by atoms with Gasteiger partial charge in [0, 0.05) is 10.2 Å². The van der Waals surface area contributed by atoms with Crippen LogP contribution in [0.4, 0.5) is 19.3 Å². The lowest BCUT2D eigenvalue weighted by Crippen LogP contribution is -2.35. The van der Waals surface area contributed by atoms with E-state index in [2.05, 4.69) is 21.2 Å². The Morgan fingerprint density at radius 2 is 1.73 bits per heavy atom. The number of hydrogen-bond donors (Lipinski definition) is 2. The van der Waals surface area contributed by atoms with Crippen molar-refractivity contribution in [2.45, 2.75) is 6.92 Å². The van der Waals surface area contributed by atoms with Crippen LogP contribution in [0.3, 0.4) is 0 Å². The van der Waals surface area contributed by atoms with Gasteiger partial charge in [-0.15, -0.1) is 0 Å². The number of benzene rings is 2. The van der Waals surface area contributed by atoms with Gasteiger partial charge in [0.1, 0.15) is 17.2 Å². The number of aryl methyl sites for hydroxylation is 1. The molecule has 0 fully saturated rings. The normalized spacial score (nSPS) is 10.2. The number of amides is 3. The number of nitrogens with one attached hydrogen (secondary N) is 2. The molecule has 2 rings (SSSR count). The number of hydrogen-bond acceptors (Lipinski definition) is 2. The second-order valence-electron chi connectivity index (χ2n) is 4.46. The molecule has 0 heterocycles. The third-order valence-corrected chi connectivity index (χ3v) is 3.35. The number of carbonyl (C=O) groups is 2. The van der Waals surface area contributed by atoms with E-state index in [0.717, 1.165) is 28.2 Å². The Hall–Kier alpha value is -2.28. The Morgan fingerprint density at radius 3 is 2.32 bits per heavy atom. The van der Waals surface area contributed by atoms with E-state index in [0.29, 0.717) is 5.69 Å². The van der Waals surface area contributed by atoms with Crippen molar-refractivity contribution >= 4 is 33.6 Å². The topological polar surface area (TPSA) is 58.2 Å². The van der Waals surface area contributed by atoms with Crippen LogP contribution in [-0.2, 0) is 0 Å². The van der Waals surface area contributed by atoms with Gasteiger partial charge in [-0.25, -0.2) is 13.6 Å². The number of urea groups is 1. The molecule has 2 N–H and O–H groups in total. The summed E-state index contributed by atoms with van der Waals surface area (Å²) in [5, 5.41) is 4.33. The molecule has 0 aromatic heterocycles. The van der Waals surface area contributed by atoms with Crippen LogP contribution in [0.2, 0.25) is 0 Å². The summed E-state index contributed by atoms with van der Waals surface area (Å²) in [5.41, 5.74) is 0.432. The summed E-state index contributed by atoms with van der Waals surface area (Å²) in [4.78, 5) is 23.5. The van der Waals surface area contributed by atoms with Crippen molar-refractivity contribution < 1.29 is 18.4 Å². The summed E-state index contributed by atoms with van der Waals surface area (Å²) in [6.45, 7) is 1.76. The second kappa shape index (κ2) is 6.65. The second-order valence-corrected chi connectivity index (χ2v) is 5.38. The molecule has 0 aliphatic rings. The van der Waals surface area contributed by atoms with E-state index in [1.807, 2.05) is 5.32 Å². The minimum Gasteiger partial charge on any atom is -0.307 e. The number of rotatable bonds is 2. The highest BCUT2D eigenvalue weighted by Crippen LogP contribution is 2.20. The summed E-state index contributed by atoms with van der Waals surface area (Å²) in [6, 6.07) is 7.25. The van der Waals surface area contributed by atoms with Crippen molar-refractivity contribution in [2.24, 2.45) is 0 Å². The first-order chi connectivity index (χ1) is 10.4. The zero-order valence-electron chi connectivity index (χ0n) is 11.4. The molecule has 4 nitrogen and oxygen atoms in total. The van der Waals surface area contributed by atoms with Crippen LogP contribution in [0.1, 0.15) is 15.9 Å². The van der Waals surface area contributed by atoms with Gasteiger partial charge in [0.2, 0.25) is 0 Å². The molecule has 22 heavy (non-hydrogen) atoms. The Kier molecular flexibility index (Phi) is 4.87. The predicted octanol–water partition coefficient (Wildman–Crippen LogP) is 4.00. The van der Waals surface area contributed by atoms with E-state index >= 15 is 0 Å². The van der Waals surface area contributed by atoms with Gasteiger partial charge in [-0.05, 0) is 42.8 Å². The highest BCUT2D eigenvalue weighted by atomic mass is 79.9. The quantitative estimate of drug-likeness (QED) is 0.841. The molecular weight excluding hydrogens is 358 g/mol. The summed E-state index contributed by atoms with van der Waals surface area (Å²) in [6.07, 6.45) is 0. The third-order valence-electron chi connectivity index (χ3n) is 2.85. The van der Waals surface area contributed by atoms with Crippen molar-refractivity contribution in [1.82, 2.24) is 5.32 Å². The van der Waals surface area contributed by atoms with E-state index < -0.39 is 29.1 Å². The Morgan fingerprint density at radius 1 is 1.09 bits per heavy atom. The van der Waals surface area contributed by atoms with Gasteiger partial charge >= 0.3 is 6.03 Å². The van der Waals surface area contributed by atoms with Crippen molar-refractivity contribution in [3.05, 3.63) is 63.6 Å². The van der Waals surface area contributed by atoms with E-state index in [1.54, 1.807) is 25.1 Å². The van der Waals surface area contributed by atoms with Gasteiger partial charge in [-0.2, -0.15) is 0 Å². The molecule has 7 heteroatoms. The van der Waals surface area contributed by atoms with Crippen LogP contribution in [-0.4, -0.2) is 11.9 Å². The SMILES string of the molecule is Cc1cc(Br)ccc1NC(=O)NC(=O)c1c(F)cccc1F. The third kappa shape index (κ3) is 3.67. The smallest absolute Gasteiger partial charge is 0.307 e. The molecule has 2 aromatic rings. The Labute approximate surface area is 133 Å². The summed E-state index contributed by atoms with van der Waals surface area (Å²) < 4.78 is 27.7. The van der Waals surface area contributed by atoms with Crippen molar-refractivity contribution in [3.63, 3.8) is 0 Å². The molecule has 0 saturated carbocycles. The highest BCUT2D eigenvalue weighted by molar-refractivity contribution is 9.10. The molecule has 3 amide bonds. The van der Waals surface area contributed by atoms with Crippen molar-refractivity contribution in [3.8, 4) is 0 Å². The number of halogens is 3. The Bertz CT molecular complexity index is 730. The van der Waals surface area contributed by atoms with Crippen LogP contribution < -0.4 is 10.6 Å². The molecule has 114 valence electrons. The molecule has 0 spiro atoms. The largest absolute Gasteiger partial charge is 0.326 e. The van der Waals surface area contributed by atoms with E-state index in [4.69, 9.17) is 0 Å². The summed E-state index contributed by atoms with van der Waals surface area (Å²) in [5.74, 6) is -3.22. The zero-order chi connectivity index (χ0) is 16.3. The molecule has 0 saturated heterocycles. The maximum atomic E-state index is 13.4. The molecular formula is C15H11BrF2N2O2. The van der Waals surface area contributed by atoms with Crippen LogP contribution in [0.5, 0.6) is 0 Å². The van der Waals surface area contributed by atoms with E-state index in [-0.39, 0.29) is 0 Å². The lowest BCUT2D eigenvalue weighted by Gasteiger charge is -2.10. The molecule has 0 aliphatic carbocycles. The molecule has 0 bridgehead atoms. The summed E-state index contributed by atoms with van der Waals surface area (Å²) >= 11 is 3.28. The van der Waals surface area contributed by atoms with E-state index in [9.17, 15) is 18.4 Å². The van der Waals surface area contributed by atoms with Crippen molar-refractivity contribution in [2.75, 3.05) is 5.32 Å². The summed E-state index contributed by atoms with van der Waals surface area (Å²) in [7, 11) is 0. The first-order valence-corrected chi connectivity index (χ1v) is 7.00. The zero-order valence-corrected chi connectivity index (χ0v) is 13.0. The van der Waals surface area contributed by atoms with Gasteiger partial charge in [0.15, 0.2) is 0 Å². The Balaban J connectivity index is 2.10. The maximum absolute atomic E-state index is 13.4. The van der Waals surface area contributed by atoms with Crippen LogP contribution in [0.25, 0.3) is 0 Å². The predicted molar refractivity (Wildman–Crippen MR) is 81.7 cm³/mol. The first-order valence-electron chi connectivity index (χ1n) is 6.21. The fraction of sp³-hybridized carbons (Fsp3) is 0.0667. The van der Waals surface area contributed by atoms with Gasteiger partial charge in [0.05, 0.1) is 0 Å². The van der Waals surface area contributed by atoms with Crippen LogP contribution in [0, 0.1) is 18.6 Å². The monoisotopic (exact) mass is 368 g/mol. The average molecular weight is 369 g/mol. The minimum atomic E-state index is -1.15. The lowest BCUT2D eigenvalue weighted by molar-refractivity contribution is 0.0959. The van der Waals surface area contributed by atoms with Gasteiger partial charge in [0.25, 0.3) is 5.91 Å². The fourth-order valence-corrected chi connectivity index (χ4v) is 2.28. The molecule has 2 aromatic carbocycles. The number of carbonyl (C=O) groups excluding carboxylic acids is 2. The maximum Gasteiger partial charge on any atom is 0.326 e. The molecule has 0 radical (unpaired) electrons. The first kappa shape index (κ1) is 16.1. The van der Waals surface area contributed by atoms with Crippen LogP contribution in [0.15, 0.2) is 40.9 Å². The highest BCUT2D eigenvalue weighted by Gasteiger charge is 2.19. The van der Waals surface area contributed by atoms with Gasteiger partial charge in [-0.3, -0.25) is 10.1 Å². The fourth-order valence-electron chi connectivity index (χ4n) is 1.80. The standard InChI is InChI=1S/C15H11BrF2N2O2/c1-8-7-9(16)5-6-12(8)19-15(22)20-14(21)13-10(17)3-2-4-11(13)18/h2-7H,1H3,(H2,19,20,21,22). The lowest BCUT2D eigenvalue weighted by atomic mass is 10.2. The van der Waals surface area contributed by atoms with Gasteiger partial charge in [-0.1, -0.05) is 22.0 Å². The average Bonchev–Trinajstić information content (AvgIpc) is 2.41.